The number of benzene rings is 3. The second-order valence-electron chi connectivity index (χ2n) is 7.96. The van der Waals surface area contributed by atoms with Gasteiger partial charge in [-0.1, -0.05) is 48.5 Å². The molecule has 0 unspecified atom stereocenters. The predicted octanol–water partition coefficient (Wildman–Crippen LogP) is 5.79. The molecular weight excluding hydrogens is 426 g/mol. The molecule has 2 heterocycles. The third-order valence-corrected chi connectivity index (χ3v) is 5.62. The van der Waals surface area contributed by atoms with Gasteiger partial charge in [-0.2, -0.15) is 0 Å². The average molecular weight is 447 g/mol. The largest absolute Gasteiger partial charge is 0.455 e. The summed E-state index contributed by atoms with van der Waals surface area (Å²) in [6, 6.07) is 23.7. The van der Waals surface area contributed by atoms with Gasteiger partial charge in [0, 0.05) is 28.6 Å². The van der Waals surface area contributed by atoms with Crippen molar-refractivity contribution in [2.45, 2.75) is 13.8 Å². The Labute approximate surface area is 195 Å². The van der Waals surface area contributed by atoms with E-state index in [0.717, 1.165) is 16.8 Å². The second-order valence-corrected chi connectivity index (χ2v) is 7.96. The number of anilines is 1. The molecule has 6 nitrogen and oxygen atoms in total. The zero-order valence-electron chi connectivity index (χ0n) is 18.7. The first-order valence-electron chi connectivity index (χ1n) is 10.8. The minimum Gasteiger partial charge on any atom is -0.455 e. The fraction of sp³-hybridized carbons (Fsp3) is 0.0714. The smallest absolute Gasteiger partial charge is 0.259 e. The van der Waals surface area contributed by atoms with Gasteiger partial charge >= 0.3 is 0 Å². The van der Waals surface area contributed by atoms with E-state index in [4.69, 9.17) is 4.42 Å². The van der Waals surface area contributed by atoms with Crippen molar-refractivity contribution in [3.05, 3.63) is 112 Å². The third kappa shape index (κ3) is 3.97. The lowest BCUT2D eigenvalue weighted by molar-refractivity contribution is 0.102. The number of rotatable bonds is 4. The molecule has 5 rings (SSSR count). The van der Waals surface area contributed by atoms with Crippen LogP contribution < -0.4 is 10.7 Å². The molecule has 0 aliphatic heterocycles. The van der Waals surface area contributed by atoms with E-state index in [9.17, 15) is 9.59 Å². The number of hydrogen-bond donors (Lipinski definition) is 1. The molecule has 34 heavy (non-hydrogen) atoms. The van der Waals surface area contributed by atoms with Gasteiger partial charge in [-0.3, -0.25) is 9.59 Å². The fourth-order valence-corrected chi connectivity index (χ4v) is 3.92. The van der Waals surface area contributed by atoms with Crippen LogP contribution in [0.25, 0.3) is 33.6 Å². The molecule has 0 bridgehead atoms. The molecule has 2 aromatic heterocycles. The molecule has 0 atom stereocenters. The Kier molecular flexibility index (Phi) is 5.47. The molecule has 0 aliphatic rings. The van der Waals surface area contributed by atoms with Crippen LogP contribution >= 0.6 is 0 Å². The minimum atomic E-state index is -0.368. The Hall–Kier alpha value is -4.58. The standard InChI is InChI=1S/C28H21N3O3/c1-17-25(32)22-12-7-13-23(27(22)34-26(17)19-8-4-3-5-9-19)28(33)31-21-11-6-10-20(16-21)24-14-15-29-18(2)30-24/h3-16H,1-2H3,(H,31,33). The van der Waals surface area contributed by atoms with Gasteiger partial charge in [-0.15, -0.1) is 0 Å². The number of carbonyl (C=O) groups is 1. The highest BCUT2D eigenvalue weighted by Crippen LogP contribution is 2.28. The number of aryl methyl sites for hydroxylation is 1. The molecular formula is C28H21N3O3. The maximum Gasteiger partial charge on any atom is 0.259 e. The van der Waals surface area contributed by atoms with E-state index in [-0.39, 0.29) is 22.5 Å². The predicted molar refractivity (Wildman–Crippen MR) is 133 cm³/mol. The van der Waals surface area contributed by atoms with Crippen molar-refractivity contribution in [1.29, 1.82) is 0 Å². The molecule has 0 saturated carbocycles. The van der Waals surface area contributed by atoms with Crippen LogP contribution in [0.3, 0.4) is 0 Å². The zero-order chi connectivity index (χ0) is 23.7. The molecule has 0 spiro atoms. The van der Waals surface area contributed by atoms with Crippen molar-refractivity contribution in [3.8, 4) is 22.6 Å². The van der Waals surface area contributed by atoms with Gasteiger partial charge in [0.2, 0.25) is 0 Å². The van der Waals surface area contributed by atoms with Gasteiger partial charge in [0.15, 0.2) is 11.0 Å². The van der Waals surface area contributed by atoms with E-state index in [1.165, 1.54) is 0 Å². The molecule has 166 valence electrons. The maximum absolute atomic E-state index is 13.3. The van der Waals surface area contributed by atoms with Crippen molar-refractivity contribution in [1.82, 2.24) is 9.97 Å². The monoisotopic (exact) mass is 447 g/mol. The van der Waals surface area contributed by atoms with Gasteiger partial charge in [0.05, 0.1) is 16.6 Å². The summed E-state index contributed by atoms with van der Waals surface area (Å²) >= 11 is 0. The lowest BCUT2D eigenvalue weighted by Crippen LogP contribution is -2.15. The third-order valence-electron chi connectivity index (χ3n) is 5.62. The van der Waals surface area contributed by atoms with Crippen LogP contribution in [0.15, 0.2) is 94.3 Å². The first-order chi connectivity index (χ1) is 16.5. The highest BCUT2D eigenvalue weighted by atomic mass is 16.3. The number of carbonyl (C=O) groups excluding carboxylic acids is 1. The summed E-state index contributed by atoms with van der Waals surface area (Å²) in [5.74, 6) is 0.759. The summed E-state index contributed by atoms with van der Waals surface area (Å²) < 4.78 is 6.18. The van der Waals surface area contributed by atoms with Gasteiger partial charge in [0.1, 0.15) is 11.6 Å². The number of nitrogens with one attached hydrogen (secondary N) is 1. The number of aromatic nitrogens is 2. The van der Waals surface area contributed by atoms with Crippen LogP contribution in [-0.2, 0) is 0 Å². The highest BCUT2D eigenvalue weighted by Gasteiger charge is 2.18. The fourth-order valence-electron chi connectivity index (χ4n) is 3.92. The first-order valence-corrected chi connectivity index (χ1v) is 10.8. The normalized spacial score (nSPS) is 10.9. The van der Waals surface area contributed by atoms with Gasteiger partial charge in [-0.25, -0.2) is 9.97 Å². The van der Waals surface area contributed by atoms with Crippen molar-refractivity contribution in [2.75, 3.05) is 5.32 Å². The van der Waals surface area contributed by atoms with Crippen LogP contribution in [0.1, 0.15) is 21.7 Å². The molecule has 0 fully saturated rings. The first kappa shape index (κ1) is 21.3. The molecule has 0 radical (unpaired) electrons. The summed E-state index contributed by atoms with van der Waals surface area (Å²) in [6.45, 7) is 3.57. The van der Waals surface area contributed by atoms with Crippen LogP contribution in [-0.4, -0.2) is 15.9 Å². The van der Waals surface area contributed by atoms with Crippen LogP contribution in [0, 0.1) is 13.8 Å². The minimum absolute atomic E-state index is 0.157. The Morgan fingerprint density at radius 2 is 1.65 bits per heavy atom. The van der Waals surface area contributed by atoms with Gasteiger partial charge in [0.25, 0.3) is 5.91 Å². The Balaban J connectivity index is 1.55. The topological polar surface area (TPSA) is 85.1 Å². The number of amides is 1. The molecule has 0 aliphatic carbocycles. The number of fused-ring (bicyclic) bond motifs is 1. The van der Waals surface area contributed by atoms with E-state index in [1.807, 2.05) is 61.5 Å². The summed E-state index contributed by atoms with van der Waals surface area (Å²) in [5, 5.41) is 3.29. The van der Waals surface area contributed by atoms with Crippen LogP contribution in [0.4, 0.5) is 5.69 Å². The van der Waals surface area contributed by atoms with E-state index >= 15 is 0 Å². The summed E-state index contributed by atoms with van der Waals surface area (Å²) in [7, 11) is 0. The second kappa shape index (κ2) is 8.75. The molecule has 5 aromatic rings. The van der Waals surface area contributed by atoms with Crippen molar-refractivity contribution in [2.24, 2.45) is 0 Å². The number of para-hydroxylation sites is 1. The lowest BCUT2D eigenvalue weighted by atomic mass is 10.0. The van der Waals surface area contributed by atoms with E-state index in [2.05, 4.69) is 15.3 Å². The summed E-state index contributed by atoms with van der Waals surface area (Å²) in [6.07, 6.45) is 1.70. The zero-order valence-corrected chi connectivity index (χ0v) is 18.7. The van der Waals surface area contributed by atoms with E-state index < -0.39 is 0 Å². The van der Waals surface area contributed by atoms with Crippen molar-refractivity contribution >= 4 is 22.6 Å². The number of hydrogen-bond acceptors (Lipinski definition) is 5. The van der Waals surface area contributed by atoms with E-state index in [0.29, 0.717) is 28.2 Å². The van der Waals surface area contributed by atoms with Gasteiger partial charge in [-0.05, 0) is 44.2 Å². The van der Waals surface area contributed by atoms with Crippen LogP contribution in [0.5, 0.6) is 0 Å². The molecule has 0 saturated heterocycles. The molecule has 1 N–H and O–H groups in total. The summed E-state index contributed by atoms with van der Waals surface area (Å²) in [4.78, 5) is 34.9. The number of nitrogens with zero attached hydrogens (tertiary/aromatic N) is 2. The quantitative estimate of drug-likeness (QED) is 0.377. The highest BCUT2D eigenvalue weighted by molar-refractivity contribution is 6.11. The average Bonchev–Trinajstić information content (AvgIpc) is 2.86. The van der Waals surface area contributed by atoms with Crippen molar-refractivity contribution in [3.63, 3.8) is 0 Å². The lowest BCUT2D eigenvalue weighted by Gasteiger charge is -2.11. The Morgan fingerprint density at radius 3 is 2.44 bits per heavy atom. The molecule has 3 aromatic carbocycles. The van der Waals surface area contributed by atoms with Crippen LogP contribution in [0.2, 0.25) is 0 Å². The molecule has 6 heteroatoms. The van der Waals surface area contributed by atoms with Crippen molar-refractivity contribution < 1.29 is 9.21 Å². The maximum atomic E-state index is 13.3. The van der Waals surface area contributed by atoms with E-state index in [1.54, 1.807) is 37.4 Å². The SMILES string of the molecule is Cc1nccc(-c2cccc(NC(=O)c3cccc4c(=O)c(C)c(-c5ccccc5)oc34)c2)n1. The summed E-state index contributed by atoms with van der Waals surface area (Å²) in [5.41, 5.74) is 3.90. The van der Waals surface area contributed by atoms with Gasteiger partial charge < -0.3 is 9.73 Å². The Morgan fingerprint density at radius 1 is 0.882 bits per heavy atom. The molecule has 1 amide bonds. The Bertz CT molecular complexity index is 1590.